The molecule has 146 valence electrons. The Morgan fingerprint density at radius 2 is 2.18 bits per heavy atom. The number of aromatic amines is 1. The van der Waals surface area contributed by atoms with E-state index in [-0.39, 0.29) is 33.1 Å². The van der Waals surface area contributed by atoms with Crippen molar-refractivity contribution in [1.29, 1.82) is 5.26 Å². The van der Waals surface area contributed by atoms with Crippen LogP contribution in [0.2, 0.25) is 0 Å². The number of H-pyrrole nitrogens is 1. The van der Waals surface area contributed by atoms with Crippen LogP contribution in [0, 0.1) is 11.3 Å². The van der Waals surface area contributed by atoms with E-state index in [2.05, 4.69) is 29.9 Å². The maximum atomic E-state index is 12.1. The summed E-state index contributed by atoms with van der Waals surface area (Å²) in [5.41, 5.74) is -1.75. The number of hydrogen-bond acceptors (Lipinski definition) is 11. The molecule has 1 heterocycles. The maximum Gasteiger partial charge on any atom is 0.338 e. The van der Waals surface area contributed by atoms with Crippen LogP contribution in [-0.4, -0.2) is 33.0 Å². The third kappa shape index (κ3) is 4.64. The molecule has 0 spiro atoms. The first-order valence-electron chi connectivity index (χ1n) is 7.50. The lowest BCUT2D eigenvalue weighted by atomic mass is 10.2. The van der Waals surface area contributed by atoms with E-state index < -0.39 is 17.4 Å². The number of benzene rings is 1. The van der Waals surface area contributed by atoms with Gasteiger partial charge in [-0.2, -0.15) is 5.26 Å². The maximum absolute atomic E-state index is 12.1. The first-order valence-corrected chi connectivity index (χ1v) is 8.24. The fourth-order valence-corrected chi connectivity index (χ4v) is 2.52. The summed E-state index contributed by atoms with van der Waals surface area (Å²) in [6.45, 7) is 2.02. The average Bonchev–Trinajstić information content (AvgIpc) is 2.66. The zero-order chi connectivity index (χ0) is 20.7. The van der Waals surface area contributed by atoms with Crippen molar-refractivity contribution in [2.45, 2.75) is 11.8 Å². The second kappa shape index (κ2) is 9.48. The van der Waals surface area contributed by atoms with Crippen molar-refractivity contribution in [2.75, 3.05) is 11.9 Å². The van der Waals surface area contributed by atoms with E-state index in [1.54, 1.807) is 13.0 Å². The van der Waals surface area contributed by atoms with Crippen molar-refractivity contribution < 1.29 is 29.6 Å². The highest BCUT2D eigenvalue weighted by Crippen LogP contribution is 2.32. The Hall–Kier alpha value is -3.44. The van der Waals surface area contributed by atoms with Crippen molar-refractivity contribution in [2.24, 2.45) is 10.2 Å². The largest absolute Gasteiger partial charge is 0.494 e. The van der Waals surface area contributed by atoms with Gasteiger partial charge in [-0.1, -0.05) is 5.04 Å². The number of hydrogen-bond donors (Lipinski definition) is 5. The van der Waals surface area contributed by atoms with Gasteiger partial charge in [0.2, 0.25) is 5.88 Å². The number of nitrogens with one attached hydrogen (secondary N) is 2. The fraction of sp³-hybridized carbons (Fsp3) is 0.133. The van der Waals surface area contributed by atoms with Crippen molar-refractivity contribution in [3.8, 4) is 11.9 Å². The minimum absolute atomic E-state index is 0.0347. The first-order chi connectivity index (χ1) is 13.4. The summed E-state index contributed by atoms with van der Waals surface area (Å²) in [7, 11) is 0. The molecule has 0 amide bonds. The highest BCUT2D eigenvalue weighted by Gasteiger charge is 2.18. The van der Waals surface area contributed by atoms with E-state index in [0.717, 1.165) is 0 Å². The molecule has 0 aliphatic carbocycles. The van der Waals surface area contributed by atoms with Gasteiger partial charge in [-0.25, -0.2) is 10.1 Å². The number of pyridine rings is 1. The lowest BCUT2D eigenvalue weighted by molar-refractivity contribution is -0.432. The van der Waals surface area contributed by atoms with Crippen LogP contribution in [0.1, 0.15) is 22.8 Å². The molecule has 0 saturated heterocycles. The average molecular weight is 407 g/mol. The number of anilines is 1. The molecule has 0 radical (unpaired) electrons. The smallest absolute Gasteiger partial charge is 0.338 e. The van der Waals surface area contributed by atoms with E-state index in [1.165, 1.54) is 18.2 Å². The fourth-order valence-electron chi connectivity index (χ4n) is 2.12. The van der Waals surface area contributed by atoms with Crippen molar-refractivity contribution >= 4 is 35.1 Å². The number of aromatic nitrogens is 1. The molecular formula is C15H13N5O7S. The van der Waals surface area contributed by atoms with Gasteiger partial charge in [0, 0.05) is 11.4 Å². The number of nitrogens with zero attached hydrogens (tertiary/aromatic N) is 3. The van der Waals surface area contributed by atoms with Gasteiger partial charge < -0.3 is 15.5 Å². The molecule has 1 aromatic carbocycles. The van der Waals surface area contributed by atoms with Crippen LogP contribution in [0.5, 0.6) is 5.88 Å². The van der Waals surface area contributed by atoms with Crippen LogP contribution >= 0.6 is 12.0 Å². The summed E-state index contributed by atoms with van der Waals surface area (Å²) in [6, 6.07) is 5.64. The summed E-state index contributed by atoms with van der Waals surface area (Å²) in [4.78, 5) is 25.9. The van der Waals surface area contributed by atoms with Gasteiger partial charge in [0.05, 0.1) is 23.3 Å². The molecule has 0 bridgehead atoms. The van der Waals surface area contributed by atoms with Crippen LogP contribution in [0.3, 0.4) is 0 Å². The second-order valence-corrected chi connectivity index (χ2v) is 5.73. The second-order valence-electron chi connectivity index (χ2n) is 4.95. The lowest BCUT2D eigenvalue weighted by Gasteiger charge is -2.09. The molecule has 2 rings (SSSR count). The number of aromatic hydroxyl groups is 1. The van der Waals surface area contributed by atoms with E-state index in [9.17, 15) is 25.1 Å². The third-order valence-electron chi connectivity index (χ3n) is 3.25. The molecule has 0 atom stereocenters. The standard InChI is InChI=1S/C15H13N5O7S/c1-2-17-11-9(6-16)13(21)18-14(22)12(11)20-19-10-4-3-7(28-27-26-25)5-8(10)15(23)24/h3-5,25H,2H2,1H3,(H,23,24)(H3,17,18,21,22). The molecular weight excluding hydrogens is 394 g/mol. The van der Waals surface area contributed by atoms with Crippen LogP contribution < -0.4 is 10.9 Å². The Morgan fingerprint density at radius 3 is 2.79 bits per heavy atom. The highest BCUT2D eigenvalue weighted by molar-refractivity contribution is 7.94. The molecule has 0 fully saturated rings. The Bertz CT molecular complexity index is 1020. The molecule has 0 aliphatic rings. The van der Waals surface area contributed by atoms with Gasteiger partial charge in [0.15, 0.2) is 5.69 Å². The monoisotopic (exact) mass is 407 g/mol. The Labute approximate surface area is 161 Å². The van der Waals surface area contributed by atoms with Crippen LogP contribution in [0.25, 0.3) is 0 Å². The quantitative estimate of drug-likeness (QED) is 0.188. The predicted octanol–water partition coefficient (Wildman–Crippen LogP) is 2.93. The Balaban J connectivity index is 2.53. The number of carboxylic acids is 1. The van der Waals surface area contributed by atoms with Gasteiger partial charge in [-0.15, -0.1) is 14.6 Å². The zero-order valence-corrected chi connectivity index (χ0v) is 15.0. The lowest BCUT2D eigenvalue weighted by Crippen LogP contribution is -2.11. The zero-order valence-electron chi connectivity index (χ0n) is 14.2. The molecule has 0 aliphatic heterocycles. The molecule has 12 nitrogen and oxygen atoms in total. The van der Waals surface area contributed by atoms with Gasteiger partial charge >= 0.3 is 5.97 Å². The number of carbonyl (C=O) groups is 1. The molecule has 2 aromatic rings. The number of aromatic carboxylic acids is 1. The van der Waals surface area contributed by atoms with Crippen molar-refractivity contribution in [3.63, 3.8) is 0 Å². The van der Waals surface area contributed by atoms with E-state index in [0.29, 0.717) is 18.6 Å². The molecule has 0 saturated carbocycles. The third-order valence-corrected chi connectivity index (χ3v) is 3.83. The molecule has 28 heavy (non-hydrogen) atoms. The summed E-state index contributed by atoms with van der Waals surface area (Å²) in [5.74, 6) is -1.95. The van der Waals surface area contributed by atoms with Gasteiger partial charge in [-0.05, 0) is 25.1 Å². The SMILES string of the molecule is CCNc1c(C#N)c(O)[nH]c(=O)c1N=Nc1ccc(SOOO)cc1C(=O)O. The highest BCUT2D eigenvalue weighted by atomic mass is 32.2. The van der Waals surface area contributed by atoms with E-state index >= 15 is 0 Å². The van der Waals surface area contributed by atoms with Crippen LogP contribution in [0.4, 0.5) is 17.1 Å². The Kier molecular flexibility index (Phi) is 7.07. The Morgan fingerprint density at radius 1 is 1.43 bits per heavy atom. The number of azo groups is 1. The van der Waals surface area contributed by atoms with Crippen LogP contribution in [-0.2, 0) is 9.37 Å². The van der Waals surface area contributed by atoms with E-state index in [4.69, 9.17) is 5.26 Å². The summed E-state index contributed by atoms with van der Waals surface area (Å²) in [6.07, 6.45) is 0. The van der Waals surface area contributed by atoms with Crippen molar-refractivity contribution in [1.82, 2.24) is 4.98 Å². The van der Waals surface area contributed by atoms with Gasteiger partial charge in [0.1, 0.15) is 17.3 Å². The van der Waals surface area contributed by atoms with Crippen molar-refractivity contribution in [3.05, 3.63) is 39.7 Å². The molecule has 5 N–H and O–H groups in total. The van der Waals surface area contributed by atoms with Gasteiger partial charge in [0.25, 0.3) is 5.56 Å². The first kappa shape index (κ1) is 20.9. The van der Waals surface area contributed by atoms with Gasteiger partial charge in [-0.3, -0.25) is 9.78 Å². The topological polar surface area (TPSA) is 190 Å². The number of rotatable bonds is 8. The molecule has 13 heteroatoms. The number of carboxylic acid groups (broad SMARTS) is 1. The molecule has 1 aromatic heterocycles. The summed E-state index contributed by atoms with van der Waals surface area (Å²) >= 11 is 0.557. The normalized spacial score (nSPS) is 10.8. The van der Waals surface area contributed by atoms with Crippen LogP contribution in [0.15, 0.2) is 38.1 Å². The minimum Gasteiger partial charge on any atom is -0.494 e. The summed E-state index contributed by atoms with van der Waals surface area (Å²) in [5, 5.41) is 50.1. The van der Waals surface area contributed by atoms with E-state index in [1.807, 2.05) is 0 Å². The molecule has 0 unspecified atom stereocenters. The summed E-state index contributed by atoms with van der Waals surface area (Å²) < 4.78 is 4.24. The number of nitriles is 1. The minimum atomic E-state index is -1.33. The predicted molar refractivity (Wildman–Crippen MR) is 95.8 cm³/mol.